The van der Waals surface area contributed by atoms with Crippen LogP contribution in [0.2, 0.25) is 0 Å². The molecule has 2 atom stereocenters. The molecule has 2 rings (SSSR count). The van der Waals surface area contributed by atoms with Gasteiger partial charge in [-0.2, -0.15) is 13.2 Å². The largest absolute Gasteiger partial charge is 0.416 e. The Bertz CT molecular complexity index is 626. The molecule has 2 nitrogen and oxygen atoms in total. The van der Waals surface area contributed by atoms with Crippen LogP contribution in [0.15, 0.2) is 54.6 Å². The fourth-order valence-electron chi connectivity index (χ4n) is 2.42. The molecule has 0 aliphatic carbocycles. The van der Waals surface area contributed by atoms with Gasteiger partial charge in [0.1, 0.15) is 0 Å². The Morgan fingerprint density at radius 1 is 1.04 bits per heavy atom. The van der Waals surface area contributed by atoms with E-state index in [2.05, 4.69) is 0 Å². The summed E-state index contributed by atoms with van der Waals surface area (Å²) in [5.41, 5.74) is 0.593. The summed E-state index contributed by atoms with van der Waals surface area (Å²) in [4.78, 5) is 0. The molecule has 0 radical (unpaired) electrons. The first kappa shape index (κ1) is 18.5. The molecule has 0 amide bonds. The van der Waals surface area contributed by atoms with E-state index in [0.717, 1.165) is 17.7 Å². The van der Waals surface area contributed by atoms with Gasteiger partial charge in [-0.15, -0.1) is 0 Å². The molecule has 0 saturated heterocycles. The Balaban J connectivity index is 1.84. The monoisotopic (exact) mass is 338 g/mol. The number of aliphatic hydroxyl groups excluding tert-OH is 1. The quantitative estimate of drug-likeness (QED) is 0.721. The minimum Gasteiger partial charge on any atom is -0.388 e. The molecule has 1 N–H and O–H groups in total. The van der Waals surface area contributed by atoms with Gasteiger partial charge in [0, 0.05) is 6.61 Å². The predicted octanol–water partition coefficient (Wildman–Crippen LogP) is 4.98. The van der Waals surface area contributed by atoms with Gasteiger partial charge in [-0.1, -0.05) is 49.4 Å². The molecule has 0 aliphatic rings. The van der Waals surface area contributed by atoms with Crippen molar-refractivity contribution in [1.82, 2.24) is 0 Å². The third kappa shape index (κ3) is 5.35. The molecule has 0 heterocycles. The molecule has 0 bridgehead atoms. The number of ether oxygens (including phenoxy) is 1. The van der Waals surface area contributed by atoms with Crippen LogP contribution in [0, 0.1) is 5.92 Å². The van der Waals surface area contributed by atoms with Gasteiger partial charge in [0.25, 0.3) is 0 Å². The molecule has 24 heavy (non-hydrogen) atoms. The second-order valence-corrected chi connectivity index (χ2v) is 5.87. The van der Waals surface area contributed by atoms with Crippen LogP contribution in [0.1, 0.15) is 36.1 Å². The van der Waals surface area contributed by atoms with Crippen molar-refractivity contribution < 1.29 is 23.0 Å². The van der Waals surface area contributed by atoms with E-state index >= 15 is 0 Å². The molecular formula is C19H21F3O2. The van der Waals surface area contributed by atoms with Crippen LogP contribution in [-0.2, 0) is 17.5 Å². The fraction of sp³-hybridized carbons (Fsp3) is 0.368. The van der Waals surface area contributed by atoms with Gasteiger partial charge in [0.2, 0.25) is 0 Å². The van der Waals surface area contributed by atoms with Crippen LogP contribution in [0.25, 0.3) is 0 Å². The number of hydrogen-bond donors (Lipinski definition) is 1. The molecule has 5 heteroatoms. The number of hydrogen-bond acceptors (Lipinski definition) is 2. The van der Waals surface area contributed by atoms with Gasteiger partial charge >= 0.3 is 6.18 Å². The van der Waals surface area contributed by atoms with Gasteiger partial charge in [-0.25, -0.2) is 0 Å². The zero-order valence-electron chi connectivity index (χ0n) is 13.5. The fourth-order valence-corrected chi connectivity index (χ4v) is 2.42. The first-order valence-corrected chi connectivity index (χ1v) is 7.85. The summed E-state index contributed by atoms with van der Waals surface area (Å²) in [6.45, 7) is 2.72. The molecule has 2 unspecified atom stereocenters. The maximum absolute atomic E-state index is 12.7. The van der Waals surface area contributed by atoms with Crippen molar-refractivity contribution in [1.29, 1.82) is 0 Å². The van der Waals surface area contributed by atoms with Crippen molar-refractivity contribution in [2.24, 2.45) is 5.92 Å². The van der Waals surface area contributed by atoms with Crippen LogP contribution in [0.3, 0.4) is 0 Å². The number of rotatable bonds is 7. The van der Waals surface area contributed by atoms with E-state index < -0.39 is 17.8 Å². The second-order valence-electron chi connectivity index (χ2n) is 5.87. The highest BCUT2D eigenvalue weighted by Crippen LogP contribution is 2.32. The lowest BCUT2D eigenvalue weighted by Gasteiger charge is -2.20. The third-order valence-electron chi connectivity index (χ3n) is 3.92. The summed E-state index contributed by atoms with van der Waals surface area (Å²) < 4.78 is 43.8. The van der Waals surface area contributed by atoms with Gasteiger partial charge in [-0.05, 0) is 35.6 Å². The first-order valence-electron chi connectivity index (χ1n) is 7.85. The maximum atomic E-state index is 12.7. The zero-order valence-corrected chi connectivity index (χ0v) is 13.5. The third-order valence-corrected chi connectivity index (χ3v) is 3.92. The van der Waals surface area contributed by atoms with Gasteiger partial charge in [0.05, 0.1) is 18.3 Å². The lowest BCUT2D eigenvalue weighted by atomic mass is 9.94. The van der Waals surface area contributed by atoms with Gasteiger partial charge < -0.3 is 9.84 Å². The van der Waals surface area contributed by atoms with E-state index in [1.165, 1.54) is 12.1 Å². The highest BCUT2D eigenvalue weighted by molar-refractivity contribution is 5.27. The molecule has 0 spiro atoms. The Kier molecular flexibility index (Phi) is 6.40. The number of benzene rings is 2. The van der Waals surface area contributed by atoms with Gasteiger partial charge in [-0.3, -0.25) is 0 Å². The topological polar surface area (TPSA) is 29.5 Å². The lowest BCUT2D eigenvalue weighted by molar-refractivity contribution is -0.137. The minimum atomic E-state index is -4.40. The summed E-state index contributed by atoms with van der Waals surface area (Å²) in [6, 6.07) is 14.5. The summed E-state index contributed by atoms with van der Waals surface area (Å²) in [5.74, 6) is -0.204. The van der Waals surface area contributed by atoms with Crippen LogP contribution in [0.5, 0.6) is 0 Å². The van der Waals surface area contributed by atoms with E-state index in [-0.39, 0.29) is 11.5 Å². The summed E-state index contributed by atoms with van der Waals surface area (Å²) in [7, 11) is 0. The molecule has 0 fully saturated rings. The molecule has 130 valence electrons. The highest BCUT2D eigenvalue weighted by atomic mass is 19.4. The van der Waals surface area contributed by atoms with E-state index in [1.54, 1.807) is 6.92 Å². The first-order chi connectivity index (χ1) is 11.4. The van der Waals surface area contributed by atoms with Crippen molar-refractivity contribution >= 4 is 0 Å². The summed E-state index contributed by atoms with van der Waals surface area (Å²) >= 11 is 0. The van der Waals surface area contributed by atoms with E-state index in [9.17, 15) is 18.3 Å². The Hall–Kier alpha value is -1.85. The number of halogens is 3. The van der Waals surface area contributed by atoms with Crippen molar-refractivity contribution in [3.63, 3.8) is 0 Å². The SMILES string of the molecule is CC(CCOCc1ccccc1)C(O)c1cccc(C(F)(F)F)c1. The molecule has 2 aromatic carbocycles. The second kappa shape index (κ2) is 8.31. The standard InChI is InChI=1S/C19H21F3O2/c1-14(10-11-24-13-15-6-3-2-4-7-15)18(23)16-8-5-9-17(12-16)19(20,21)22/h2-9,12,14,18,23H,10-11,13H2,1H3. The van der Waals surface area contributed by atoms with E-state index in [4.69, 9.17) is 4.74 Å². The van der Waals surface area contributed by atoms with E-state index in [1.807, 2.05) is 30.3 Å². The molecule has 2 aromatic rings. The van der Waals surface area contributed by atoms with Crippen LogP contribution in [-0.4, -0.2) is 11.7 Å². The Morgan fingerprint density at radius 2 is 1.75 bits per heavy atom. The van der Waals surface area contributed by atoms with Crippen molar-refractivity contribution in [2.45, 2.75) is 32.2 Å². The summed E-state index contributed by atoms with van der Waals surface area (Å²) in [5, 5.41) is 10.3. The molecule has 0 saturated carbocycles. The summed E-state index contributed by atoms with van der Waals surface area (Å²) in [6.07, 6.45) is -4.80. The molecule has 0 aliphatic heterocycles. The zero-order chi connectivity index (χ0) is 17.6. The number of alkyl halides is 3. The van der Waals surface area contributed by atoms with Crippen molar-refractivity contribution in [3.05, 3.63) is 71.3 Å². The van der Waals surface area contributed by atoms with E-state index in [0.29, 0.717) is 19.6 Å². The maximum Gasteiger partial charge on any atom is 0.416 e. The van der Waals surface area contributed by atoms with Crippen LogP contribution in [0.4, 0.5) is 13.2 Å². The van der Waals surface area contributed by atoms with Crippen molar-refractivity contribution in [2.75, 3.05) is 6.61 Å². The highest BCUT2D eigenvalue weighted by Gasteiger charge is 2.31. The minimum absolute atomic E-state index is 0.204. The lowest BCUT2D eigenvalue weighted by Crippen LogP contribution is -2.13. The van der Waals surface area contributed by atoms with Crippen LogP contribution < -0.4 is 0 Å². The average molecular weight is 338 g/mol. The molecule has 0 aromatic heterocycles. The Morgan fingerprint density at radius 3 is 2.42 bits per heavy atom. The molecular weight excluding hydrogens is 317 g/mol. The van der Waals surface area contributed by atoms with Gasteiger partial charge in [0.15, 0.2) is 0 Å². The number of aliphatic hydroxyl groups is 1. The Labute approximate surface area is 139 Å². The van der Waals surface area contributed by atoms with Crippen molar-refractivity contribution in [3.8, 4) is 0 Å². The normalized spacial score (nSPS) is 14.4. The van der Waals surface area contributed by atoms with Crippen LogP contribution >= 0.6 is 0 Å². The smallest absolute Gasteiger partial charge is 0.388 e. The average Bonchev–Trinajstić information content (AvgIpc) is 2.58. The predicted molar refractivity (Wildman–Crippen MR) is 86.3 cm³/mol.